The summed E-state index contributed by atoms with van der Waals surface area (Å²) < 4.78 is 4.63. The van der Waals surface area contributed by atoms with Gasteiger partial charge in [-0.1, -0.05) is 109 Å². The second kappa shape index (κ2) is 10.3. The molecule has 3 aromatic heterocycles. The van der Waals surface area contributed by atoms with Crippen LogP contribution in [0, 0.1) is 0 Å². The standard InChI is InChI=1S/C48H28N4/c1-2-13-33(14-3-1)51-43-23-21-32(27-39(43)40-25-29-11-4-5-12-30(29)28-45(40)51)31-22-24-44-38(26-31)35-16-8-9-20-42(35)52(44)48-49-41-19-10-18-36-34-15-6-7-17-37(34)47(50-48)46(36)41/h1-28H. The average Bonchev–Trinajstić information content (AvgIpc) is 3.83. The minimum Gasteiger partial charge on any atom is -0.309 e. The van der Waals surface area contributed by atoms with Gasteiger partial charge in [-0.05, 0) is 93.7 Å². The van der Waals surface area contributed by atoms with Crippen LogP contribution in [0.3, 0.4) is 0 Å². The van der Waals surface area contributed by atoms with E-state index in [-0.39, 0.29) is 0 Å². The topological polar surface area (TPSA) is 35.6 Å². The summed E-state index contributed by atoms with van der Waals surface area (Å²) in [4.78, 5) is 10.5. The summed E-state index contributed by atoms with van der Waals surface area (Å²) in [5.74, 6) is 0.692. The van der Waals surface area contributed by atoms with Crippen molar-refractivity contribution in [3.63, 3.8) is 0 Å². The predicted molar refractivity (Wildman–Crippen MR) is 216 cm³/mol. The van der Waals surface area contributed by atoms with Gasteiger partial charge in [0.15, 0.2) is 0 Å². The van der Waals surface area contributed by atoms with Gasteiger partial charge in [-0.25, -0.2) is 9.97 Å². The molecule has 0 atom stereocenters. The second-order valence-corrected chi connectivity index (χ2v) is 13.8. The summed E-state index contributed by atoms with van der Waals surface area (Å²) in [6.07, 6.45) is 0. The number of hydrogen-bond donors (Lipinski definition) is 0. The Morgan fingerprint density at radius 2 is 0.981 bits per heavy atom. The number of fused-ring (bicyclic) bond motifs is 10. The summed E-state index contributed by atoms with van der Waals surface area (Å²) in [5, 5.41) is 8.48. The first kappa shape index (κ1) is 27.7. The number of hydrogen-bond acceptors (Lipinski definition) is 2. The van der Waals surface area contributed by atoms with Gasteiger partial charge in [0, 0.05) is 38.2 Å². The van der Waals surface area contributed by atoms with Crippen LogP contribution in [0.5, 0.6) is 0 Å². The predicted octanol–water partition coefficient (Wildman–Crippen LogP) is 12.3. The molecule has 52 heavy (non-hydrogen) atoms. The zero-order valence-electron chi connectivity index (χ0n) is 28.0. The third-order valence-electron chi connectivity index (χ3n) is 11.0. The van der Waals surface area contributed by atoms with Crippen LogP contribution < -0.4 is 0 Å². The van der Waals surface area contributed by atoms with Crippen molar-refractivity contribution in [1.82, 2.24) is 19.1 Å². The molecule has 0 spiro atoms. The van der Waals surface area contributed by atoms with Gasteiger partial charge in [0.2, 0.25) is 5.95 Å². The molecule has 0 N–H and O–H groups in total. The molecule has 0 aliphatic heterocycles. The molecule has 0 bridgehead atoms. The minimum absolute atomic E-state index is 0.692. The molecule has 0 radical (unpaired) electrons. The number of benzene rings is 8. The van der Waals surface area contributed by atoms with E-state index in [1.807, 2.05) is 0 Å². The first-order valence-electron chi connectivity index (χ1n) is 17.8. The Morgan fingerprint density at radius 1 is 0.365 bits per heavy atom. The SMILES string of the molecule is c1ccc(-n2c3ccc(-c4ccc5c(c4)c4ccccc4n5-c4nc5c6c(cccc6n4)-c4ccccc4-5)cc3c3cc4ccccc4cc32)cc1. The molecule has 11 aromatic rings. The summed E-state index contributed by atoms with van der Waals surface area (Å²) >= 11 is 0. The largest absolute Gasteiger partial charge is 0.309 e. The van der Waals surface area contributed by atoms with E-state index in [2.05, 4.69) is 179 Å². The van der Waals surface area contributed by atoms with Gasteiger partial charge in [-0.2, -0.15) is 0 Å². The van der Waals surface area contributed by atoms with Gasteiger partial charge < -0.3 is 4.57 Å². The molecule has 4 nitrogen and oxygen atoms in total. The third-order valence-corrected chi connectivity index (χ3v) is 11.0. The van der Waals surface area contributed by atoms with Crippen LogP contribution in [0.1, 0.15) is 0 Å². The number of nitrogens with zero attached hydrogens (tertiary/aromatic N) is 4. The molecule has 1 aliphatic rings. The quantitative estimate of drug-likeness (QED) is 0.189. The molecular weight excluding hydrogens is 633 g/mol. The van der Waals surface area contributed by atoms with Gasteiger partial charge in [-0.3, -0.25) is 4.57 Å². The Bertz CT molecular complexity index is 3290. The summed E-state index contributed by atoms with van der Waals surface area (Å²) in [7, 11) is 0. The maximum Gasteiger partial charge on any atom is 0.235 e. The smallest absolute Gasteiger partial charge is 0.235 e. The fraction of sp³-hybridized carbons (Fsp3) is 0. The molecule has 0 unspecified atom stereocenters. The van der Waals surface area contributed by atoms with Crippen molar-refractivity contribution in [3.8, 4) is 45.1 Å². The Morgan fingerprint density at radius 3 is 1.81 bits per heavy atom. The Labute approximate surface area is 298 Å². The van der Waals surface area contributed by atoms with Crippen molar-refractivity contribution in [2.75, 3.05) is 0 Å². The van der Waals surface area contributed by atoms with Crippen molar-refractivity contribution in [2.45, 2.75) is 0 Å². The fourth-order valence-corrected chi connectivity index (χ4v) is 8.72. The normalized spacial score (nSPS) is 12.2. The lowest BCUT2D eigenvalue weighted by Gasteiger charge is -2.10. The average molecular weight is 661 g/mol. The van der Waals surface area contributed by atoms with Crippen molar-refractivity contribution < 1.29 is 0 Å². The minimum atomic E-state index is 0.692. The lowest BCUT2D eigenvalue weighted by atomic mass is 10.00. The molecule has 0 saturated heterocycles. The van der Waals surface area contributed by atoms with Crippen molar-refractivity contribution >= 4 is 65.3 Å². The van der Waals surface area contributed by atoms with Crippen LogP contribution in [-0.4, -0.2) is 19.1 Å². The van der Waals surface area contributed by atoms with Gasteiger partial charge >= 0.3 is 0 Å². The van der Waals surface area contributed by atoms with Crippen molar-refractivity contribution in [3.05, 3.63) is 170 Å². The molecule has 0 fully saturated rings. The monoisotopic (exact) mass is 660 g/mol. The maximum absolute atomic E-state index is 5.30. The highest BCUT2D eigenvalue weighted by molar-refractivity contribution is 6.16. The van der Waals surface area contributed by atoms with Gasteiger partial charge in [0.1, 0.15) is 0 Å². The van der Waals surface area contributed by atoms with Gasteiger partial charge in [-0.15, -0.1) is 0 Å². The van der Waals surface area contributed by atoms with E-state index in [0.717, 1.165) is 38.9 Å². The molecule has 12 rings (SSSR count). The lowest BCUT2D eigenvalue weighted by molar-refractivity contribution is 1.02. The Balaban J connectivity index is 1.08. The molecule has 240 valence electrons. The van der Waals surface area contributed by atoms with E-state index >= 15 is 0 Å². The van der Waals surface area contributed by atoms with Crippen LogP contribution >= 0.6 is 0 Å². The van der Waals surface area contributed by atoms with E-state index in [1.165, 1.54) is 65.6 Å². The lowest BCUT2D eigenvalue weighted by Crippen LogP contribution is -2.02. The molecule has 8 aromatic carbocycles. The molecule has 4 heteroatoms. The van der Waals surface area contributed by atoms with E-state index in [0.29, 0.717) is 5.95 Å². The van der Waals surface area contributed by atoms with Crippen LogP contribution in [0.15, 0.2) is 170 Å². The summed E-state index contributed by atoms with van der Waals surface area (Å²) in [6.45, 7) is 0. The molecule has 3 heterocycles. The second-order valence-electron chi connectivity index (χ2n) is 13.8. The molecular formula is C48H28N4. The Kier molecular flexibility index (Phi) is 5.47. The van der Waals surface area contributed by atoms with E-state index in [1.54, 1.807) is 0 Å². The highest BCUT2D eigenvalue weighted by Crippen LogP contribution is 2.46. The summed E-state index contributed by atoms with van der Waals surface area (Å²) in [5.41, 5.74) is 13.7. The van der Waals surface area contributed by atoms with E-state index in [4.69, 9.17) is 9.97 Å². The zero-order chi connectivity index (χ0) is 33.9. The Hall–Kier alpha value is -7.04. The highest BCUT2D eigenvalue weighted by atomic mass is 15.2. The van der Waals surface area contributed by atoms with Crippen LogP contribution in [0.4, 0.5) is 0 Å². The van der Waals surface area contributed by atoms with Crippen LogP contribution in [0.25, 0.3) is 110 Å². The fourth-order valence-electron chi connectivity index (χ4n) is 8.72. The zero-order valence-corrected chi connectivity index (χ0v) is 28.0. The third kappa shape index (κ3) is 3.75. The number of para-hydroxylation sites is 2. The maximum atomic E-state index is 5.30. The van der Waals surface area contributed by atoms with E-state index < -0.39 is 0 Å². The van der Waals surface area contributed by atoms with Crippen molar-refractivity contribution in [1.29, 1.82) is 0 Å². The van der Waals surface area contributed by atoms with E-state index in [9.17, 15) is 0 Å². The first-order valence-corrected chi connectivity index (χ1v) is 17.8. The molecule has 1 aliphatic carbocycles. The van der Waals surface area contributed by atoms with Crippen LogP contribution in [0.2, 0.25) is 0 Å². The van der Waals surface area contributed by atoms with Gasteiger partial charge in [0.05, 0.1) is 33.3 Å². The number of aromatic nitrogens is 4. The number of rotatable bonds is 3. The highest BCUT2D eigenvalue weighted by Gasteiger charge is 2.25. The molecule has 0 amide bonds. The van der Waals surface area contributed by atoms with Crippen LogP contribution in [-0.2, 0) is 0 Å². The summed E-state index contributed by atoms with van der Waals surface area (Å²) in [6, 6.07) is 61.3. The first-order chi connectivity index (χ1) is 25.8. The van der Waals surface area contributed by atoms with Gasteiger partial charge in [0.25, 0.3) is 0 Å². The molecule has 0 saturated carbocycles. The van der Waals surface area contributed by atoms with Crippen molar-refractivity contribution in [2.24, 2.45) is 0 Å².